The quantitative estimate of drug-likeness (QED) is 0.813. The number of nitrogens with two attached hydrogens (primary N) is 1. The van der Waals surface area contributed by atoms with Crippen LogP contribution in [0.5, 0.6) is 0 Å². The number of aliphatic hydroxyl groups excluding tert-OH is 1. The van der Waals surface area contributed by atoms with Gasteiger partial charge in [-0.15, -0.1) is 0 Å². The zero-order valence-electron chi connectivity index (χ0n) is 10.4. The van der Waals surface area contributed by atoms with Crippen molar-refractivity contribution >= 4 is 17.6 Å². The summed E-state index contributed by atoms with van der Waals surface area (Å²) in [6, 6.07) is 0. The molecule has 6 nitrogen and oxygen atoms in total. The van der Waals surface area contributed by atoms with Crippen LogP contribution in [0.15, 0.2) is 11.0 Å². The minimum Gasteiger partial charge on any atom is -0.394 e. The van der Waals surface area contributed by atoms with Crippen molar-refractivity contribution in [1.82, 2.24) is 9.55 Å². The van der Waals surface area contributed by atoms with Gasteiger partial charge >= 0.3 is 5.69 Å². The zero-order valence-corrected chi connectivity index (χ0v) is 11.2. The highest BCUT2D eigenvalue weighted by atomic mass is 32.2. The van der Waals surface area contributed by atoms with Crippen molar-refractivity contribution in [2.45, 2.75) is 30.9 Å². The molecule has 0 bridgehead atoms. The first-order valence-electron chi connectivity index (χ1n) is 5.71. The van der Waals surface area contributed by atoms with Gasteiger partial charge in [-0.3, -0.25) is 4.57 Å². The molecule has 0 aromatic carbocycles. The second kappa shape index (κ2) is 5.29. The van der Waals surface area contributed by atoms with E-state index in [1.54, 1.807) is 24.9 Å². The van der Waals surface area contributed by atoms with Gasteiger partial charge in [-0.05, 0) is 13.2 Å². The van der Waals surface area contributed by atoms with E-state index >= 15 is 0 Å². The van der Waals surface area contributed by atoms with Gasteiger partial charge in [0.05, 0.1) is 12.7 Å². The van der Waals surface area contributed by atoms with E-state index in [0.29, 0.717) is 6.42 Å². The van der Waals surface area contributed by atoms with Crippen molar-refractivity contribution in [2.24, 2.45) is 0 Å². The molecule has 2 rings (SSSR count). The van der Waals surface area contributed by atoms with Crippen LogP contribution in [0.4, 0.5) is 5.82 Å². The molecule has 2 unspecified atom stereocenters. The molecule has 100 valence electrons. The summed E-state index contributed by atoms with van der Waals surface area (Å²) in [5, 5.41) is 9.42. The number of nitrogens with zero attached hydrogens (tertiary/aromatic N) is 2. The predicted octanol–water partition coefficient (Wildman–Crippen LogP) is 0.145. The van der Waals surface area contributed by atoms with Gasteiger partial charge in [-0.1, -0.05) is 0 Å². The number of anilines is 1. The van der Waals surface area contributed by atoms with Crippen molar-refractivity contribution in [3.63, 3.8) is 0 Å². The molecule has 1 aromatic rings. The van der Waals surface area contributed by atoms with E-state index in [-0.39, 0.29) is 30.0 Å². The molecule has 0 aliphatic carbocycles. The lowest BCUT2D eigenvalue weighted by molar-refractivity contribution is -0.0237. The lowest BCUT2D eigenvalue weighted by Gasteiger charge is -2.15. The van der Waals surface area contributed by atoms with Crippen LogP contribution in [-0.2, 0) is 4.74 Å². The van der Waals surface area contributed by atoms with Crippen LogP contribution in [0.2, 0.25) is 0 Å². The van der Waals surface area contributed by atoms with Crippen LogP contribution < -0.4 is 11.4 Å². The molecule has 0 radical (unpaired) electrons. The summed E-state index contributed by atoms with van der Waals surface area (Å²) in [6.07, 6.45) is 3.69. The van der Waals surface area contributed by atoms with Crippen molar-refractivity contribution in [2.75, 3.05) is 18.6 Å². The molecule has 3 N–H and O–H groups in total. The van der Waals surface area contributed by atoms with Gasteiger partial charge in [0.2, 0.25) is 0 Å². The number of nitrogen functional groups attached to an aromatic ring is 1. The molecular weight excluding hydrogens is 254 g/mol. The van der Waals surface area contributed by atoms with E-state index in [0.717, 1.165) is 5.56 Å². The number of aliphatic hydroxyl groups is 1. The van der Waals surface area contributed by atoms with Crippen molar-refractivity contribution < 1.29 is 9.84 Å². The maximum atomic E-state index is 11.8. The Morgan fingerprint density at radius 3 is 3.00 bits per heavy atom. The largest absolute Gasteiger partial charge is 0.394 e. The smallest absolute Gasteiger partial charge is 0.351 e. The van der Waals surface area contributed by atoms with E-state index in [1.807, 2.05) is 6.26 Å². The summed E-state index contributed by atoms with van der Waals surface area (Å²) < 4.78 is 7.14. The van der Waals surface area contributed by atoms with Gasteiger partial charge in [0.1, 0.15) is 12.0 Å². The van der Waals surface area contributed by atoms with Crippen molar-refractivity contribution in [3.8, 4) is 0 Å². The van der Waals surface area contributed by atoms with Gasteiger partial charge in [-0.25, -0.2) is 4.79 Å². The number of thioether (sulfide) groups is 1. The summed E-state index contributed by atoms with van der Waals surface area (Å²) >= 11 is 1.63. The molecule has 1 aromatic heterocycles. The Hall–Kier alpha value is -1.05. The number of ether oxygens (including phenoxy) is 1. The summed E-state index contributed by atoms with van der Waals surface area (Å²) in [5.41, 5.74) is 5.91. The minimum atomic E-state index is -0.415. The molecule has 3 atom stereocenters. The Balaban J connectivity index is 2.28. The molecule has 18 heavy (non-hydrogen) atoms. The molecule has 1 fully saturated rings. The lowest BCUT2D eigenvalue weighted by atomic mass is 10.2. The third-order valence-corrected chi connectivity index (χ3v) is 4.25. The van der Waals surface area contributed by atoms with Crippen LogP contribution in [0, 0.1) is 6.92 Å². The third kappa shape index (κ3) is 2.38. The second-order valence-corrected chi connectivity index (χ2v) is 5.40. The Bertz CT molecular complexity index is 479. The Kier molecular flexibility index (Phi) is 3.94. The van der Waals surface area contributed by atoms with E-state index in [4.69, 9.17) is 10.5 Å². The third-order valence-electron chi connectivity index (χ3n) is 3.15. The normalized spacial score (nSPS) is 27.6. The maximum Gasteiger partial charge on any atom is 0.351 e. The molecule has 0 saturated carbocycles. The van der Waals surface area contributed by atoms with Crippen LogP contribution >= 0.6 is 11.8 Å². The number of hydrogen-bond donors (Lipinski definition) is 2. The fourth-order valence-electron chi connectivity index (χ4n) is 2.07. The fraction of sp³-hybridized carbons (Fsp3) is 0.636. The number of aromatic nitrogens is 2. The SMILES string of the molecule is CSC1C[C@H](n2cc(C)c(N)nc2=O)OC1CO. The molecule has 2 heterocycles. The molecule has 1 aliphatic rings. The molecule has 7 heteroatoms. The number of hydrogen-bond acceptors (Lipinski definition) is 6. The van der Waals surface area contributed by atoms with E-state index in [2.05, 4.69) is 4.98 Å². The first kappa shape index (κ1) is 13.4. The van der Waals surface area contributed by atoms with Crippen LogP contribution in [-0.4, -0.2) is 38.9 Å². The monoisotopic (exact) mass is 271 g/mol. The predicted molar refractivity (Wildman–Crippen MR) is 70.6 cm³/mol. The fourth-order valence-corrected chi connectivity index (χ4v) is 2.88. The average molecular weight is 271 g/mol. The van der Waals surface area contributed by atoms with Gasteiger partial charge < -0.3 is 15.6 Å². The highest BCUT2D eigenvalue weighted by molar-refractivity contribution is 7.99. The van der Waals surface area contributed by atoms with E-state index in [9.17, 15) is 9.90 Å². The highest BCUT2D eigenvalue weighted by Gasteiger charge is 2.35. The Labute approximate surface area is 109 Å². The molecular formula is C11H17N3O3S. The zero-order chi connectivity index (χ0) is 13.3. The van der Waals surface area contributed by atoms with Crippen LogP contribution in [0.25, 0.3) is 0 Å². The average Bonchev–Trinajstić information content (AvgIpc) is 2.76. The summed E-state index contributed by atoms with van der Waals surface area (Å²) in [7, 11) is 0. The van der Waals surface area contributed by atoms with Gasteiger partial charge in [0.25, 0.3) is 0 Å². The first-order valence-corrected chi connectivity index (χ1v) is 7.00. The summed E-state index contributed by atoms with van der Waals surface area (Å²) in [4.78, 5) is 15.5. The van der Waals surface area contributed by atoms with Crippen LogP contribution in [0.1, 0.15) is 18.2 Å². The maximum absolute atomic E-state index is 11.8. The lowest BCUT2D eigenvalue weighted by Crippen LogP contribution is -2.28. The standard InChI is InChI=1S/C11H17N3O3S/c1-6-4-14(11(16)13-10(6)12)9-3-8(18-2)7(5-15)17-9/h4,7-9,15H,3,5H2,1-2H3,(H2,12,13,16)/t7?,8?,9-/m1/s1. The molecule has 1 aliphatic heterocycles. The second-order valence-electron chi connectivity index (χ2n) is 4.32. The summed E-state index contributed by atoms with van der Waals surface area (Å²) in [5.74, 6) is 0.245. The first-order chi connectivity index (χ1) is 8.56. The number of aryl methyl sites for hydroxylation is 1. The van der Waals surface area contributed by atoms with Gasteiger partial charge in [-0.2, -0.15) is 16.7 Å². The highest BCUT2D eigenvalue weighted by Crippen LogP contribution is 2.34. The Morgan fingerprint density at radius 1 is 1.72 bits per heavy atom. The molecule has 0 amide bonds. The number of rotatable bonds is 3. The topological polar surface area (TPSA) is 90.4 Å². The molecule has 1 saturated heterocycles. The van der Waals surface area contributed by atoms with Gasteiger partial charge in [0.15, 0.2) is 0 Å². The molecule has 0 spiro atoms. The van der Waals surface area contributed by atoms with E-state index < -0.39 is 5.69 Å². The minimum absolute atomic E-state index is 0.0435. The Morgan fingerprint density at radius 2 is 2.44 bits per heavy atom. The van der Waals surface area contributed by atoms with E-state index in [1.165, 1.54) is 4.57 Å². The summed E-state index contributed by atoms with van der Waals surface area (Å²) in [6.45, 7) is 1.75. The van der Waals surface area contributed by atoms with Crippen molar-refractivity contribution in [1.29, 1.82) is 0 Å². The van der Waals surface area contributed by atoms with Crippen molar-refractivity contribution in [3.05, 3.63) is 22.2 Å². The van der Waals surface area contributed by atoms with Gasteiger partial charge in [0, 0.05) is 23.4 Å². The van der Waals surface area contributed by atoms with Crippen LogP contribution in [0.3, 0.4) is 0 Å².